The van der Waals surface area contributed by atoms with Gasteiger partial charge in [0.05, 0.1) is 18.6 Å². The Kier molecular flexibility index (Phi) is 5.07. The van der Waals surface area contributed by atoms with Crippen molar-refractivity contribution in [1.82, 2.24) is 4.98 Å². The quantitative estimate of drug-likeness (QED) is 0.363. The van der Waals surface area contributed by atoms with Crippen LogP contribution in [0.2, 0.25) is 0 Å². The van der Waals surface area contributed by atoms with Gasteiger partial charge in [-0.25, -0.2) is 9.78 Å². The molecule has 0 unspecified atom stereocenters. The second-order valence-electron chi connectivity index (χ2n) is 6.31. The third-order valence-electron chi connectivity index (χ3n) is 3.80. The minimum Gasteiger partial charge on any atom is -0.487 e. The number of carbonyl (C=O) groups excluding carboxylic acids is 1. The number of carbonyl (C=O) groups is 1. The van der Waals surface area contributed by atoms with Crippen molar-refractivity contribution >= 4 is 22.8 Å². The van der Waals surface area contributed by atoms with Crippen LogP contribution in [0, 0.1) is 16.0 Å². The van der Waals surface area contributed by atoms with Crippen LogP contribution >= 0.6 is 0 Å². The van der Waals surface area contributed by atoms with E-state index >= 15 is 0 Å². The molecule has 0 saturated heterocycles. The molecule has 0 amide bonds. The van der Waals surface area contributed by atoms with E-state index in [1.807, 2.05) is 13.8 Å². The van der Waals surface area contributed by atoms with Crippen molar-refractivity contribution in [1.29, 1.82) is 0 Å². The summed E-state index contributed by atoms with van der Waals surface area (Å²) in [7, 11) is 1.28. The lowest BCUT2D eigenvalue weighted by Gasteiger charge is -2.09. The maximum Gasteiger partial charge on any atom is 0.341 e. The van der Waals surface area contributed by atoms with Gasteiger partial charge in [0, 0.05) is 11.6 Å². The summed E-state index contributed by atoms with van der Waals surface area (Å²) in [6, 6.07) is 9.40. The Morgan fingerprint density at radius 2 is 2.07 bits per heavy atom. The van der Waals surface area contributed by atoms with Gasteiger partial charge in [-0.15, -0.1) is 0 Å². The molecular formula is C19H18N2O6. The van der Waals surface area contributed by atoms with Crippen molar-refractivity contribution in [3.8, 4) is 17.2 Å². The molecule has 8 nitrogen and oxygen atoms in total. The van der Waals surface area contributed by atoms with Gasteiger partial charge in [-0.2, -0.15) is 0 Å². The predicted molar refractivity (Wildman–Crippen MR) is 97.8 cm³/mol. The summed E-state index contributed by atoms with van der Waals surface area (Å²) in [5.41, 5.74) is 1.19. The van der Waals surface area contributed by atoms with Crippen LogP contribution in [-0.2, 0) is 4.74 Å². The molecule has 0 aliphatic carbocycles. The Morgan fingerprint density at radius 1 is 1.30 bits per heavy atom. The molecule has 8 heteroatoms. The second kappa shape index (κ2) is 7.45. The molecule has 0 saturated carbocycles. The summed E-state index contributed by atoms with van der Waals surface area (Å²) in [5, 5.41) is 11.4. The Bertz CT molecular complexity index is 1010. The average Bonchev–Trinajstić information content (AvgIpc) is 3.09. The fourth-order valence-electron chi connectivity index (χ4n) is 2.51. The number of methoxy groups -OCH3 is 1. The topological polar surface area (TPSA) is 105 Å². The van der Waals surface area contributed by atoms with Crippen LogP contribution in [-0.4, -0.2) is 29.6 Å². The number of nitro benzene ring substituents is 1. The Labute approximate surface area is 154 Å². The van der Waals surface area contributed by atoms with Crippen LogP contribution in [0.25, 0.3) is 22.6 Å². The number of hydrogen-bond acceptors (Lipinski definition) is 7. The van der Waals surface area contributed by atoms with Gasteiger partial charge < -0.3 is 13.9 Å². The van der Waals surface area contributed by atoms with E-state index in [1.165, 1.54) is 19.2 Å². The molecule has 2 aromatic carbocycles. The molecule has 0 radical (unpaired) electrons. The molecule has 3 aromatic rings. The lowest BCUT2D eigenvalue weighted by atomic mass is 10.2. The number of benzene rings is 2. The van der Waals surface area contributed by atoms with E-state index in [2.05, 4.69) is 4.98 Å². The minimum absolute atomic E-state index is 0.167. The maximum absolute atomic E-state index is 11.9. The molecule has 0 N–H and O–H groups in total. The summed E-state index contributed by atoms with van der Waals surface area (Å²) in [5.74, 6) is 0.0356. The van der Waals surface area contributed by atoms with Gasteiger partial charge in [-0.1, -0.05) is 19.9 Å². The van der Waals surface area contributed by atoms with Crippen LogP contribution in [0.15, 0.2) is 40.8 Å². The number of aromatic nitrogens is 1. The van der Waals surface area contributed by atoms with E-state index in [9.17, 15) is 14.9 Å². The molecule has 0 aliphatic rings. The molecule has 0 atom stereocenters. The van der Waals surface area contributed by atoms with Crippen molar-refractivity contribution in [3.63, 3.8) is 0 Å². The molecule has 3 rings (SSSR count). The van der Waals surface area contributed by atoms with Crippen molar-refractivity contribution < 1.29 is 23.6 Å². The smallest absolute Gasteiger partial charge is 0.341 e. The number of esters is 1. The molecule has 0 fully saturated rings. The molecule has 140 valence electrons. The van der Waals surface area contributed by atoms with E-state index in [0.717, 1.165) is 0 Å². The maximum atomic E-state index is 11.9. The first-order valence-corrected chi connectivity index (χ1v) is 8.30. The van der Waals surface area contributed by atoms with Crippen molar-refractivity contribution in [2.24, 2.45) is 5.92 Å². The number of nitrogens with zero attached hydrogens (tertiary/aromatic N) is 2. The van der Waals surface area contributed by atoms with Gasteiger partial charge in [0.2, 0.25) is 5.89 Å². The normalized spacial score (nSPS) is 11.0. The zero-order valence-electron chi connectivity index (χ0n) is 15.1. The number of rotatable bonds is 6. The molecular weight excluding hydrogens is 352 g/mol. The first-order valence-electron chi connectivity index (χ1n) is 8.30. The highest BCUT2D eigenvalue weighted by atomic mass is 16.6. The van der Waals surface area contributed by atoms with E-state index in [-0.39, 0.29) is 34.4 Å². The van der Waals surface area contributed by atoms with Crippen LogP contribution in [0.4, 0.5) is 5.69 Å². The number of para-hydroxylation sites is 1. The average molecular weight is 370 g/mol. The van der Waals surface area contributed by atoms with Crippen LogP contribution in [0.5, 0.6) is 5.75 Å². The van der Waals surface area contributed by atoms with Crippen molar-refractivity contribution in [3.05, 3.63) is 52.1 Å². The van der Waals surface area contributed by atoms with E-state index in [4.69, 9.17) is 13.9 Å². The number of nitro groups is 1. The molecule has 1 aromatic heterocycles. The largest absolute Gasteiger partial charge is 0.487 e. The number of ether oxygens (including phenoxy) is 2. The van der Waals surface area contributed by atoms with Gasteiger partial charge in [-0.05, 0) is 30.2 Å². The Hall–Kier alpha value is -3.42. The van der Waals surface area contributed by atoms with E-state index in [0.29, 0.717) is 17.7 Å². The number of oxazole rings is 1. The van der Waals surface area contributed by atoms with Gasteiger partial charge in [-0.3, -0.25) is 10.1 Å². The van der Waals surface area contributed by atoms with Crippen molar-refractivity contribution in [2.45, 2.75) is 13.8 Å². The fraction of sp³-hybridized carbons (Fsp3) is 0.263. The minimum atomic E-state index is -0.549. The SMILES string of the molecule is COC(=O)c1cccc2nc(-c3ccc(OCC(C)C)c([N+](=O)[O-])c3)oc12. The van der Waals surface area contributed by atoms with E-state index in [1.54, 1.807) is 24.3 Å². The summed E-state index contributed by atoms with van der Waals surface area (Å²) in [6.07, 6.45) is 0. The first-order chi connectivity index (χ1) is 12.9. The van der Waals surface area contributed by atoms with Crippen molar-refractivity contribution in [2.75, 3.05) is 13.7 Å². The standard InChI is InChI=1S/C19H18N2O6/c1-11(2)10-26-16-8-7-12(9-15(16)21(23)24)18-20-14-6-4-5-13(17(14)27-18)19(22)25-3/h4-9,11H,10H2,1-3H3. The molecule has 0 aliphatic heterocycles. The fourth-order valence-corrected chi connectivity index (χ4v) is 2.51. The van der Waals surface area contributed by atoms with Gasteiger partial charge in [0.15, 0.2) is 11.3 Å². The highest BCUT2D eigenvalue weighted by Gasteiger charge is 2.21. The van der Waals surface area contributed by atoms with Crippen LogP contribution in [0.3, 0.4) is 0 Å². The second-order valence-corrected chi connectivity index (χ2v) is 6.31. The molecule has 1 heterocycles. The number of hydrogen-bond donors (Lipinski definition) is 0. The predicted octanol–water partition coefficient (Wildman–Crippen LogP) is 4.22. The van der Waals surface area contributed by atoms with E-state index < -0.39 is 10.9 Å². The Balaban J connectivity index is 2.04. The van der Waals surface area contributed by atoms with Crippen LogP contribution in [0.1, 0.15) is 24.2 Å². The lowest BCUT2D eigenvalue weighted by molar-refractivity contribution is -0.385. The van der Waals surface area contributed by atoms with Gasteiger partial charge in [0.25, 0.3) is 0 Å². The number of fused-ring (bicyclic) bond motifs is 1. The third kappa shape index (κ3) is 3.74. The lowest BCUT2D eigenvalue weighted by Crippen LogP contribution is -2.06. The Morgan fingerprint density at radius 3 is 2.74 bits per heavy atom. The summed E-state index contributed by atoms with van der Waals surface area (Å²) in [6.45, 7) is 4.28. The molecule has 0 bridgehead atoms. The molecule has 27 heavy (non-hydrogen) atoms. The summed E-state index contributed by atoms with van der Waals surface area (Å²) >= 11 is 0. The highest BCUT2D eigenvalue weighted by Crippen LogP contribution is 2.34. The summed E-state index contributed by atoms with van der Waals surface area (Å²) < 4.78 is 16.0. The van der Waals surface area contributed by atoms with Gasteiger partial charge in [0.1, 0.15) is 11.1 Å². The first kappa shape index (κ1) is 18.4. The third-order valence-corrected chi connectivity index (χ3v) is 3.80. The molecule has 0 spiro atoms. The monoisotopic (exact) mass is 370 g/mol. The summed E-state index contributed by atoms with van der Waals surface area (Å²) in [4.78, 5) is 27.1. The highest BCUT2D eigenvalue weighted by molar-refractivity contribution is 6.01. The zero-order chi connectivity index (χ0) is 19.6. The van der Waals surface area contributed by atoms with Gasteiger partial charge >= 0.3 is 11.7 Å². The zero-order valence-corrected chi connectivity index (χ0v) is 15.1. The van der Waals surface area contributed by atoms with Crippen LogP contribution < -0.4 is 4.74 Å².